The summed E-state index contributed by atoms with van der Waals surface area (Å²) in [6.07, 6.45) is 0. The summed E-state index contributed by atoms with van der Waals surface area (Å²) < 4.78 is 28.0. The lowest BCUT2D eigenvalue weighted by molar-refractivity contribution is 0.00641. The number of rotatable bonds is 4. The molecule has 1 rings (SSSR count). The number of thiophene rings is 1. The van der Waals surface area contributed by atoms with Gasteiger partial charge in [-0.25, -0.2) is 13.1 Å². The highest BCUT2D eigenvalue weighted by Gasteiger charge is 2.39. The van der Waals surface area contributed by atoms with Crippen LogP contribution in [0.3, 0.4) is 0 Å². The summed E-state index contributed by atoms with van der Waals surface area (Å²) in [5, 5.41) is 9.98. The molecule has 0 atom stereocenters. The molecule has 7 heteroatoms. The number of halogens is 1. The molecule has 1 heterocycles. The van der Waals surface area contributed by atoms with Crippen LogP contribution < -0.4 is 4.72 Å². The van der Waals surface area contributed by atoms with Crippen molar-refractivity contribution in [3.05, 3.63) is 15.4 Å². The van der Waals surface area contributed by atoms with Gasteiger partial charge in [-0.3, -0.25) is 0 Å². The normalized spacial score (nSPS) is 13.9. The van der Waals surface area contributed by atoms with Gasteiger partial charge in [0.2, 0.25) is 0 Å². The van der Waals surface area contributed by atoms with Gasteiger partial charge in [-0.2, -0.15) is 0 Å². The van der Waals surface area contributed by atoms with Crippen molar-refractivity contribution in [1.82, 2.24) is 4.72 Å². The summed E-state index contributed by atoms with van der Waals surface area (Å²) in [6, 6.07) is 1.61. The standard InChI is InChI=1S/C11H18BrNO3S2/c1-7-6-8(17-9(7)12)18(15,16)13-10(2,3)11(4,5)14/h6,13-14H,1-5H3. The van der Waals surface area contributed by atoms with Crippen molar-refractivity contribution in [2.24, 2.45) is 0 Å². The monoisotopic (exact) mass is 355 g/mol. The first kappa shape index (κ1) is 16.1. The lowest BCUT2D eigenvalue weighted by Crippen LogP contribution is -2.57. The molecule has 0 aromatic carbocycles. The summed E-state index contributed by atoms with van der Waals surface area (Å²) in [5.41, 5.74) is -1.25. The van der Waals surface area contributed by atoms with E-state index in [-0.39, 0.29) is 4.21 Å². The maximum atomic E-state index is 12.2. The molecule has 1 aromatic rings. The highest BCUT2D eigenvalue weighted by molar-refractivity contribution is 9.11. The smallest absolute Gasteiger partial charge is 0.250 e. The van der Waals surface area contributed by atoms with E-state index in [9.17, 15) is 13.5 Å². The van der Waals surface area contributed by atoms with Gasteiger partial charge >= 0.3 is 0 Å². The summed E-state index contributed by atoms with van der Waals surface area (Å²) in [7, 11) is -3.62. The van der Waals surface area contributed by atoms with Crippen molar-refractivity contribution >= 4 is 37.3 Å². The van der Waals surface area contributed by atoms with Crippen molar-refractivity contribution in [2.75, 3.05) is 0 Å². The fourth-order valence-corrected chi connectivity index (χ4v) is 4.83. The highest BCUT2D eigenvalue weighted by Crippen LogP contribution is 2.32. The first-order chi connectivity index (χ1) is 7.87. The van der Waals surface area contributed by atoms with E-state index < -0.39 is 21.2 Å². The lowest BCUT2D eigenvalue weighted by Gasteiger charge is -2.37. The molecule has 0 bridgehead atoms. The number of aliphatic hydroxyl groups is 1. The Morgan fingerprint density at radius 1 is 1.33 bits per heavy atom. The van der Waals surface area contributed by atoms with Gasteiger partial charge in [-0.15, -0.1) is 11.3 Å². The van der Waals surface area contributed by atoms with Crippen LogP contribution >= 0.6 is 27.3 Å². The van der Waals surface area contributed by atoms with E-state index in [1.807, 2.05) is 6.92 Å². The highest BCUT2D eigenvalue weighted by atomic mass is 79.9. The molecule has 4 nitrogen and oxygen atoms in total. The van der Waals surface area contributed by atoms with Crippen molar-refractivity contribution in [3.8, 4) is 0 Å². The molecule has 0 spiro atoms. The van der Waals surface area contributed by atoms with E-state index in [1.54, 1.807) is 33.8 Å². The molecule has 0 saturated heterocycles. The third-order valence-corrected chi connectivity index (χ3v) is 7.28. The van der Waals surface area contributed by atoms with Crippen LogP contribution in [0.5, 0.6) is 0 Å². The second kappa shape index (κ2) is 4.86. The predicted octanol–water partition coefficient (Wildman–Crippen LogP) is 2.65. The maximum Gasteiger partial charge on any atom is 0.250 e. The van der Waals surface area contributed by atoms with Crippen LogP contribution in [-0.2, 0) is 10.0 Å². The van der Waals surface area contributed by atoms with Gasteiger partial charge in [0.25, 0.3) is 10.0 Å². The van der Waals surface area contributed by atoms with E-state index in [0.29, 0.717) is 0 Å². The Bertz CT molecular complexity index is 522. The number of nitrogens with one attached hydrogen (secondary N) is 1. The Labute approximate surface area is 121 Å². The molecular formula is C11H18BrNO3S2. The van der Waals surface area contributed by atoms with Gasteiger partial charge in [0.15, 0.2) is 0 Å². The first-order valence-electron chi connectivity index (χ1n) is 5.39. The maximum absolute atomic E-state index is 12.2. The molecule has 104 valence electrons. The molecule has 2 N–H and O–H groups in total. The second-order valence-electron chi connectivity index (χ2n) is 5.31. The second-order valence-corrected chi connectivity index (χ2v) is 9.59. The summed E-state index contributed by atoms with van der Waals surface area (Å²) in [5.74, 6) is 0. The Balaban J connectivity index is 3.10. The number of hydrogen-bond donors (Lipinski definition) is 2. The molecule has 18 heavy (non-hydrogen) atoms. The van der Waals surface area contributed by atoms with Crippen molar-refractivity contribution < 1.29 is 13.5 Å². The topological polar surface area (TPSA) is 66.4 Å². The van der Waals surface area contributed by atoms with Gasteiger partial charge < -0.3 is 5.11 Å². The Hall–Kier alpha value is 0.0500. The Kier molecular flexibility index (Phi) is 4.35. The molecular weight excluding hydrogens is 338 g/mol. The SMILES string of the molecule is Cc1cc(S(=O)(=O)NC(C)(C)C(C)(C)O)sc1Br. The van der Waals surface area contributed by atoms with E-state index in [4.69, 9.17) is 0 Å². The minimum Gasteiger partial charge on any atom is -0.389 e. The zero-order valence-corrected chi connectivity index (χ0v) is 14.3. The van der Waals surface area contributed by atoms with Crippen LogP contribution in [-0.4, -0.2) is 24.7 Å². The fourth-order valence-electron chi connectivity index (χ4n) is 1.08. The molecule has 0 saturated carbocycles. The van der Waals surface area contributed by atoms with Crippen LogP contribution in [0.2, 0.25) is 0 Å². The molecule has 0 aliphatic carbocycles. The van der Waals surface area contributed by atoms with Crippen LogP contribution in [0.15, 0.2) is 14.1 Å². The van der Waals surface area contributed by atoms with E-state index in [1.165, 1.54) is 0 Å². The zero-order chi connectivity index (χ0) is 14.4. The number of hydrogen-bond acceptors (Lipinski definition) is 4. The average molecular weight is 356 g/mol. The molecule has 0 amide bonds. The first-order valence-corrected chi connectivity index (χ1v) is 8.48. The number of aryl methyl sites for hydroxylation is 1. The minimum atomic E-state index is -3.62. The lowest BCUT2D eigenvalue weighted by atomic mass is 9.87. The fraction of sp³-hybridized carbons (Fsp3) is 0.636. The van der Waals surface area contributed by atoms with E-state index in [2.05, 4.69) is 20.7 Å². The third-order valence-electron chi connectivity index (χ3n) is 3.02. The largest absolute Gasteiger partial charge is 0.389 e. The molecule has 1 aromatic heterocycles. The summed E-state index contributed by atoms with van der Waals surface area (Å²) in [4.78, 5) is 0. The van der Waals surface area contributed by atoms with Gasteiger partial charge in [0, 0.05) is 0 Å². The predicted molar refractivity (Wildman–Crippen MR) is 77.5 cm³/mol. The Morgan fingerprint density at radius 3 is 2.17 bits per heavy atom. The van der Waals surface area contributed by atoms with Gasteiger partial charge in [-0.05, 0) is 62.2 Å². The average Bonchev–Trinajstić information content (AvgIpc) is 2.43. The van der Waals surface area contributed by atoms with E-state index in [0.717, 1.165) is 20.7 Å². The Morgan fingerprint density at radius 2 is 1.83 bits per heavy atom. The van der Waals surface area contributed by atoms with E-state index >= 15 is 0 Å². The van der Waals surface area contributed by atoms with Crippen LogP contribution in [0.4, 0.5) is 0 Å². The van der Waals surface area contributed by atoms with Crippen LogP contribution in [0, 0.1) is 6.92 Å². The number of sulfonamides is 1. The summed E-state index contributed by atoms with van der Waals surface area (Å²) in [6.45, 7) is 8.29. The van der Waals surface area contributed by atoms with Crippen molar-refractivity contribution in [2.45, 2.75) is 50.0 Å². The molecule has 0 aliphatic heterocycles. The quantitative estimate of drug-likeness (QED) is 0.872. The van der Waals surface area contributed by atoms with Crippen LogP contribution in [0.25, 0.3) is 0 Å². The third kappa shape index (κ3) is 3.33. The van der Waals surface area contributed by atoms with Crippen molar-refractivity contribution in [3.63, 3.8) is 0 Å². The minimum absolute atomic E-state index is 0.240. The molecule has 0 fully saturated rings. The van der Waals surface area contributed by atoms with Gasteiger partial charge in [0.1, 0.15) is 4.21 Å². The van der Waals surface area contributed by atoms with Gasteiger partial charge in [-0.1, -0.05) is 0 Å². The molecule has 0 aliphatic rings. The van der Waals surface area contributed by atoms with Crippen molar-refractivity contribution in [1.29, 1.82) is 0 Å². The molecule has 0 radical (unpaired) electrons. The molecule has 0 unspecified atom stereocenters. The summed E-state index contributed by atoms with van der Waals surface area (Å²) >= 11 is 4.46. The zero-order valence-electron chi connectivity index (χ0n) is 11.0. The van der Waals surface area contributed by atoms with Crippen LogP contribution in [0.1, 0.15) is 33.3 Å². The van der Waals surface area contributed by atoms with Gasteiger partial charge in [0.05, 0.1) is 14.9 Å².